The van der Waals surface area contributed by atoms with Gasteiger partial charge < -0.3 is 9.30 Å². The molecule has 1 aromatic carbocycles. The third-order valence-electron chi connectivity index (χ3n) is 2.36. The van der Waals surface area contributed by atoms with Crippen LogP contribution in [0.4, 0.5) is 0 Å². The van der Waals surface area contributed by atoms with Gasteiger partial charge >= 0.3 is 5.97 Å². The van der Waals surface area contributed by atoms with E-state index in [1.807, 2.05) is 0 Å². The standard InChI is InChI=1S/C13H11Cl2NO2/c1-2-18-13(17)12-4-3-5-16(12)11-7-9(14)6-10(15)8-11/h3-8H,2H2,1H3. The number of carbonyl (C=O) groups excluding carboxylic acids is 1. The van der Waals surface area contributed by atoms with Crippen LogP contribution in [0.25, 0.3) is 5.69 Å². The maximum atomic E-state index is 11.8. The molecular formula is C13H11Cl2NO2. The molecule has 0 N–H and O–H groups in total. The lowest BCUT2D eigenvalue weighted by molar-refractivity contribution is 0.0517. The van der Waals surface area contributed by atoms with Crippen LogP contribution in [0.5, 0.6) is 0 Å². The van der Waals surface area contributed by atoms with Crippen molar-refractivity contribution in [2.75, 3.05) is 6.61 Å². The van der Waals surface area contributed by atoms with Crippen molar-refractivity contribution in [3.05, 3.63) is 52.3 Å². The fraction of sp³-hybridized carbons (Fsp3) is 0.154. The molecule has 0 spiro atoms. The third kappa shape index (κ3) is 2.68. The number of ether oxygens (including phenoxy) is 1. The SMILES string of the molecule is CCOC(=O)c1cccn1-c1cc(Cl)cc(Cl)c1. The Bertz CT molecular complexity index is 558. The molecule has 0 aliphatic carbocycles. The van der Waals surface area contributed by atoms with Crippen molar-refractivity contribution in [3.8, 4) is 5.69 Å². The molecule has 0 bridgehead atoms. The molecule has 2 rings (SSSR count). The molecule has 5 heteroatoms. The summed E-state index contributed by atoms with van der Waals surface area (Å²) in [4.78, 5) is 11.8. The predicted molar refractivity (Wildman–Crippen MR) is 71.7 cm³/mol. The number of hydrogen-bond acceptors (Lipinski definition) is 2. The molecule has 0 aliphatic rings. The van der Waals surface area contributed by atoms with E-state index in [1.54, 1.807) is 48.0 Å². The number of carbonyl (C=O) groups is 1. The average Bonchev–Trinajstić information content (AvgIpc) is 2.76. The third-order valence-corrected chi connectivity index (χ3v) is 2.80. The monoisotopic (exact) mass is 283 g/mol. The first-order valence-corrected chi connectivity index (χ1v) is 6.18. The van der Waals surface area contributed by atoms with E-state index >= 15 is 0 Å². The Balaban J connectivity index is 2.45. The molecule has 0 aliphatic heterocycles. The fourth-order valence-corrected chi connectivity index (χ4v) is 2.17. The molecule has 0 saturated carbocycles. The number of aromatic nitrogens is 1. The van der Waals surface area contributed by atoms with Gasteiger partial charge in [-0.05, 0) is 37.3 Å². The van der Waals surface area contributed by atoms with E-state index in [2.05, 4.69) is 0 Å². The van der Waals surface area contributed by atoms with Gasteiger partial charge in [-0.15, -0.1) is 0 Å². The summed E-state index contributed by atoms with van der Waals surface area (Å²) >= 11 is 11.9. The molecule has 0 radical (unpaired) electrons. The van der Waals surface area contributed by atoms with Gasteiger partial charge in [0.2, 0.25) is 0 Å². The highest BCUT2D eigenvalue weighted by Crippen LogP contribution is 2.23. The first-order chi connectivity index (χ1) is 8.61. The lowest BCUT2D eigenvalue weighted by atomic mass is 10.3. The highest BCUT2D eigenvalue weighted by molar-refractivity contribution is 6.34. The second-order valence-corrected chi connectivity index (χ2v) is 4.48. The lowest BCUT2D eigenvalue weighted by Crippen LogP contribution is -2.10. The summed E-state index contributed by atoms with van der Waals surface area (Å²) in [6, 6.07) is 8.56. The Morgan fingerprint density at radius 1 is 1.28 bits per heavy atom. The van der Waals surface area contributed by atoms with Crippen LogP contribution in [0, 0.1) is 0 Å². The van der Waals surface area contributed by atoms with E-state index in [9.17, 15) is 4.79 Å². The summed E-state index contributed by atoms with van der Waals surface area (Å²) in [6.45, 7) is 2.10. The highest BCUT2D eigenvalue weighted by Gasteiger charge is 2.13. The van der Waals surface area contributed by atoms with Gasteiger partial charge in [0.25, 0.3) is 0 Å². The summed E-state index contributed by atoms with van der Waals surface area (Å²) < 4.78 is 6.67. The van der Waals surface area contributed by atoms with Gasteiger partial charge in [-0.25, -0.2) is 4.79 Å². The van der Waals surface area contributed by atoms with Crippen LogP contribution in [0.2, 0.25) is 10.0 Å². The van der Waals surface area contributed by atoms with Gasteiger partial charge in [-0.3, -0.25) is 0 Å². The molecule has 0 atom stereocenters. The topological polar surface area (TPSA) is 31.2 Å². The summed E-state index contributed by atoms with van der Waals surface area (Å²) in [5, 5.41) is 1.03. The van der Waals surface area contributed by atoms with E-state index in [0.717, 1.165) is 5.69 Å². The van der Waals surface area contributed by atoms with Crippen LogP contribution in [-0.2, 0) is 4.74 Å². The molecule has 1 aromatic heterocycles. The minimum Gasteiger partial charge on any atom is -0.461 e. The van der Waals surface area contributed by atoms with Crippen LogP contribution in [-0.4, -0.2) is 17.1 Å². The summed E-state index contributed by atoms with van der Waals surface area (Å²) in [7, 11) is 0. The second-order valence-electron chi connectivity index (χ2n) is 3.61. The van der Waals surface area contributed by atoms with Gasteiger partial charge in [0, 0.05) is 21.9 Å². The maximum Gasteiger partial charge on any atom is 0.355 e. The highest BCUT2D eigenvalue weighted by atomic mass is 35.5. The second kappa shape index (κ2) is 5.46. The zero-order valence-corrected chi connectivity index (χ0v) is 11.2. The van der Waals surface area contributed by atoms with Crippen LogP contribution >= 0.6 is 23.2 Å². The number of esters is 1. The lowest BCUT2D eigenvalue weighted by Gasteiger charge is -2.09. The molecule has 18 heavy (non-hydrogen) atoms. The zero-order valence-electron chi connectivity index (χ0n) is 9.69. The molecule has 3 nitrogen and oxygen atoms in total. The van der Waals surface area contributed by atoms with Gasteiger partial charge in [0.05, 0.1) is 6.61 Å². The number of nitrogens with zero attached hydrogens (tertiary/aromatic N) is 1. The van der Waals surface area contributed by atoms with Crippen molar-refractivity contribution in [3.63, 3.8) is 0 Å². The van der Waals surface area contributed by atoms with Crippen LogP contribution < -0.4 is 0 Å². The van der Waals surface area contributed by atoms with Gasteiger partial charge in [0.15, 0.2) is 0 Å². The largest absolute Gasteiger partial charge is 0.461 e. The molecule has 0 unspecified atom stereocenters. The maximum absolute atomic E-state index is 11.8. The van der Waals surface area contributed by atoms with E-state index in [1.165, 1.54) is 0 Å². The van der Waals surface area contributed by atoms with Crippen molar-refractivity contribution in [1.29, 1.82) is 0 Å². The van der Waals surface area contributed by atoms with E-state index in [-0.39, 0.29) is 5.97 Å². The summed E-state index contributed by atoms with van der Waals surface area (Å²) in [5.74, 6) is -0.376. The first-order valence-electron chi connectivity index (χ1n) is 5.42. The molecule has 2 aromatic rings. The molecule has 0 amide bonds. The average molecular weight is 284 g/mol. The van der Waals surface area contributed by atoms with Gasteiger partial charge in [0.1, 0.15) is 5.69 Å². The van der Waals surface area contributed by atoms with Crippen molar-refractivity contribution >= 4 is 29.2 Å². The predicted octanol–water partition coefficient (Wildman–Crippen LogP) is 3.96. The van der Waals surface area contributed by atoms with Crippen molar-refractivity contribution < 1.29 is 9.53 Å². The van der Waals surface area contributed by atoms with Crippen LogP contribution in [0.3, 0.4) is 0 Å². The van der Waals surface area contributed by atoms with E-state index in [0.29, 0.717) is 22.3 Å². The number of hydrogen-bond donors (Lipinski definition) is 0. The zero-order chi connectivity index (χ0) is 13.1. The van der Waals surface area contributed by atoms with Crippen molar-refractivity contribution in [1.82, 2.24) is 4.57 Å². The normalized spacial score (nSPS) is 10.4. The Hall–Kier alpha value is -1.45. The number of benzene rings is 1. The number of rotatable bonds is 3. The van der Waals surface area contributed by atoms with Crippen molar-refractivity contribution in [2.45, 2.75) is 6.92 Å². The van der Waals surface area contributed by atoms with Crippen LogP contribution in [0.1, 0.15) is 17.4 Å². The Morgan fingerprint density at radius 3 is 2.56 bits per heavy atom. The molecule has 0 saturated heterocycles. The van der Waals surface area contributed by atoms with Crippen LogP contribution in [0.15, 0.2) is 36.5 Å². The van der Waals surface area contributed by atoms with Gasteiger partial charge in [-0.1, -0.05) is 23.2 Å². The summed E-state index contributed by atoms with van der Waals surface area (Å²) in [5.41, 5.74) is 1.16. The molecule has 0 fully saturated rings. The molecule has 1 heterocycles. The Labute approximate surface area is 115 Å². The van der Waals surface area contributed by atoms with Gasteiger partial charge in [-0.2, -0.15) is 0 Å². The summed E-state index contributed by atoms with van der Waals surface area (Å²) in [6.07, 6.45) is 1.76. The van der Waals surface area contributed by atoms with E-state index in [4.69, 9.17) is 27.9 Å². The minimum absolute atomic E-state index is 0.334. The van der Waals surface area contributed by atoms with Crippen molar-refractivity contribution in [2.24, 2.45) is 0 Å². The first kappa shape index (κ1) is 13.0. The Morgan fingerprint density at radius 2 is 1.94 bits per heavy atom. The minimum atomic E-state index is -0.376. The fourth-order valence-electron chi connectivity index (χ4n) is 1.66. The Kier molecular flexibility index (Phi) is 3.94. The smallest absolute Gasteiger partial charge is 0.355 e. The molecular weight excluding hydrogens is 273 g/mol. The quantitative estimate of drug-likeness (QED) is 0.799. The molecule has 94 valence electrons. The number of halogens is 2. The van der Waals surface area contributed by atoms with E-state index < -0.39 is 0 Å².